The highest BCUT2D eigenvalue weighted by Gasteiger charge is 2.35. The minimum atomic E-state index is -0.970. The summed E-state index contributed by atoms with van der Waals surface area (Å²) in [7, 11) is 0. The number of aromatic nitrogens is 3. The van der Waals surface area contributed by atoms with Gasteiger partial charge in [0.05, 0.1) is 17.2 Å². The summed E-state index contributed by atoms with van der Waals surface area (Å²) < 4.78 is 3.25. The third kappa shape index (κ3) is 2.79. The number of pyridine rings is 1. The molecule has 7 heteroatoms. The third-order valence-electron chi connectivity index (χ3n) is 5.36. The number of nitrogens with zero attached hydrogens (tertiary/aromatic N) is 4. The van der Waals surface area contributed by atoms with Crippen LogP contribution in [0, 0.1) is 0 Å². The van der Waals surface area contributed by atoms with E-state index in [0.717, 1.165) is 16.8 Å². The van der Waals surface area contributed by atoms with Crippen molar-refractivity contribution >= 4 is 17.3 Å². The van der Waals surface area contributed by atoms with Gasteiger partial charge in [-0.05, 0) is 35.4 Å². The molecule has 4 aromatic rings. The molecule has 1 aliphatic heterocycles. The molecule has 1 saturated heterocycles. The average Bonchev–Trinajstić information content (AvgIpc) is 3.00. The standard InChI is InChI=1S/C22H18N4O3/c27-21-25(17-10-8-16(9-11-17)15-5-2-1-3-6-15)19-7-4-12-23-20(19)26(21)18-13-24(14-18)22(28)29/h1-12,18H,13-14H2,(H,28,29). The molecule has 29 heavy (non-hydrogen) atoms. The van der Waals surface area contributed by atoms with Crippen molar-refractivity contribution in [3.63, 3.8) is 0 Å². The van der Waals surface area contributed by atoms with Crippen molar-refractivity contribution in [2.75, 3.05) is 13.1 Å². The number of likely N-dealkylation sites (tertiary alicyclic amines) is 1. The number of carbonyl (C=O) groups is 1. The molecular weight excluding hydrogens is 368 g/mol. The minimum absolute atomic E-state index is 0.207. The normalized spacial score (nSPS) is 14.1. The number of benzene rings is 2. The van der Waals surface area contributed by atoms with Gasteiger partial charge < -0.3 is 10.0 Å². The first-order valence-electron chi connectivity index (χ1n) is 9.35. The quantitative estimate of drug-likeness (QED) is 0.585. The molecule has 0 unspecified atom stereocenters. The van der Waals surface area contributed by atoms with Crippen LogP contribution in [0.4, 0.5) is 4.79 Å². The number of hydrogen-bond acceptors (Lipinski definition) is 3. The van der Waals surface area contributed by atoms with Gasteiger partial charge in [0.2, 0.25) is 0 Å². The zero-order valence-corrected chi connectivity index (χ0v) is 15.5. The first-order chi connectivity index (χ1) is 14.1. The third-order valence-corrected chi connectivity index (χ3v) is 5.36. The van der Waals surface area contributed by atoms with E-state index in [0.29, 0.717) is 11.2 Å². The molecular formula is C22H18N4O3. The van der Waals surface area contributed by atoms with E-state index in [1.165, 1.54) is 4.90 Å². The Kier molecular flexibility index (Phi) is 3.94. The van der Waals surface area contributed by atoms with E-state index in [4.69, 9.17) is 5.11 Å². The van der Waals surface area contributed by atoms with Crippen molar-refractivity contribution < 1.29 is 9.90 Å². The summed E-state index contributed by atoms with van der Waals surface area (Å²) in [6.07, 6.45) is 0.678. The molecule has 144 valence electrons. The first kappa shape index (κ1) is 17.2. The van der Waals surface area contributed by atoms with Gasteiger partial charge in [-0.25, -0.2) is 14.6 Å². The van der Waals surface area contributed by atoms with Crippen molar-refractivity contribution in [1.29, 1.82) is 0 Å². The number of imidazole rings is 1. The first-order valence-corrected chi connectivity index (χ1v) is 9.35. The van der Waals surface area contributed by atoms with E-state index >= 15 is 0 Å². The fraction of sp³-hybridized carbons (Fsp3) is 0.136. The van der Waals surface area contributed by atoms with Gasteiger partial charge in [-0.2, -0.15) is 0 Å². The fourth-order valence-electron chi connectivity index (χ4n) is 3.84. The Bertz CT molecular complexity index is 1250. The molecule has 2 aromatic carbocycles. The highest BCUT2D eigenvalue weighted by molar-refractivity contribution is 5.75. The zero-order chi connectivity index (χ0) is 20.0. The molecule has 1 fully saturated rings. The van der Waals surface area contributed by atoms with Gasteiger partial charge in [0, 0.05) is 19.3 Å². The Morgan fingerprint density at radius 1 is 0.931 bits per heavy atom. The lowest BCUT2D eigenvalue weighted by Gasteiger charge is -2.37. The van der Waals surface area contributed by atoms with Gasteiger partial charge in [0.25, 0.3) is 0 Å². The Morgan fingerprint density at radius 3 is 2.31 bits per heavy atom. The molecule has 3 heterocycles. The summed E-state index contributed by atoms with van der Waals surface area (Å²) >= 11 is 0. The smallest absolute Gasteiger partial charge is 0.407 e. The lowest BCUT2D eigenvalue weighted by molar-refractivity contribution is 0.0855. The maximum atomic E-state index is 13.3. The van der Waals surface area contributed by atoms with Crippen molar-refractivity contribution in [2.24, 2.45) is 0 Å². The highest BCUT2D eigenvalue weighted by atomic mass is 16.4. The molecule has 5 rings (SSSR count). The van der Waals surface area contributed by atoms with Gasteiger partial charge in [-0.3, -0.25) is 9.13 Å². The van der Waals surface area contributed by atoms with Crippen LogP contribution in [-0.2, 0) is 0 Å². The highest BCUT2D eigenvalue weighted by Crippen LogP contribution is 2.26. The molecule has 1 N–H and O–H groups in total. The summed E-state index contributed by atoms with van der Waals surface area (Å²) in [5, 5.41) is 9.10. The van der Waals surface area contributed by atoms with Crippen LogP contribution >= 0.6 is 0 Å². The monoisotopic (exact) mass is 386 g/mol. The SMILES string of the molecule is O=C(O)N1CC(n2c(=O)n(-c3ccc(-c4ccccc4)cc3)c3cccnc32)C1. The summed E-state index contributed by atoms with van der Waals surface area (Å²) in [6, 6.07) is 21.3. The van der Waals surface area contributed by atoms with Gasteiger partial charge in [0.15, 0.2) is 5.65 Å². The Morgan fingerprint density at radius 2 is 1.62 bits per heavy atom. The second-order valence-electron chi connectivity index (χ2n) is 7.09. The summed E-state index contributed by atoms with van der Waals surface area (Å²) in [6.45, 7) is 0.579. The van der Waals surface area contributed by atoms with E-state index < -0.39 is 6.09 Å². The second-order valence-corrected chi connectivity index (χ2v) is 7.09. The largest absolute Gasteiger partial charge is 0.465 e. The predicted octanol–water partition coefficient (Wildman–Crippen LogP) is 3.39. The molecule has 7 nitrogen and oxygen atoms in total. The van der Waals surface area contributed by atoms with Crippen LogP contribution in [0.25, 0.3) is 28.0 Å². The van der Waals surface area contributed by atoms with Crippen LogP contribution in [0.5, 0.6) is 0 Å². The zero-order valence-electron chi connectivity index (χ0n) is 15.5. The molecule has 0 spiro atoms. The molecule has 0 saturated carbocycles. The summed E-state index contributed by atoms with van der Waals surface area (Å²) in [5.74, 6) is 0. The summed E-state index contributed by atoms with van der Waals surface area (Å²) in [4.78, 5) is 30.1. The Balaban J connectivity index is 1.58. The number of carboxylic acid groups (broad SMARTS) is 1. The van der Waals surface area contributed by atoms with E-state index in [1.807, 2.05) is 60.7 Å². The number of amides is 1. The Labute approximate surface area is 166 Å². The van der Waals surface area contributed by atoms with Gasteiger partial charge in [0.1, 0.15) is 0 Å². The second kappa shape index (κ2) is 6.63. The van der Waals surface area contributed by atoms with Crippen molar-refractivity contribution in [2.45, 2.75) is 6.04 Å². The number of hydrogen-bond donors (Lipinski definition) is 1. The van der Waals surface area contributed by atoms with Crippen molar-refractivity contribution in [3.05, 3.63) is 83.4 Å². The van der Waals surface area contributed by atoms with Crippen LogP contribution in [-0.4, -0.2) is 43.3 Å². The van der Waals surface area contributed by atoms with Gasteiger partial charge in [-0.15, -0.1) is 0 Å². The fourth-order valence-corrected chi connectivity index (χ4v) is 3.84. The lowest BCUT2D eigenvalue weighted by Crippen LogP contribution is -2.52. The minimum Gasteiger partial charge on any atom is -0.465 e. The molecule has 0 bridgehead atoms. The number of rotatable bonds is 3. The van der Waals surface area contributed by atoms with Gasteiger partial charge in [-0.1, -0.05) is 42.5 Å². The predicted molar refractivity (Wildman–Crippen MR) is 109 cm³/mol. The van der Waals surface area contributed by atoms with Crippen molar-refractivity contribution in [3.8, 4) is 16.8 Å². The summed E-state index contributed by atoms with van der Waals surface area (Å²) in [5.41, 5.74) is 4.00. The average molecular weight is 386 g/mol. The van der Waals surface area contributed by atoms with E-state index in [-0.39, 0.29) is 24.8 Å². The lowest BCUT2D eigenvalue weighted by atomic mass is 10.1. The van der Waals surface area contributed by atoms with Crippen LogP contribution in [0.2, 0.25) is 0 Å². The maximum absolute atomic E-state index is 13.3. The molecule has 1 aliphatic rings. The molecule has 0 aliphatic carbocycles. The topological polar surface area (TPSA) is 80.4 Å². The van der Waals surface area contributed by atoms with Gasteiger partial charge >= 0.3 is 11.8 Å². The molecule has 0 radical (unpaired) electrons. The van der Waals surface area contributed by atoms with Crippen LogP contribution < -0.4 is 5.69 Å². The maximum Gasteiger partial charge on any atom is 0.407 e. The number of fused-ring (bicyclic) bond motifs is 1. The molecule has 2 aromatic heterocycles. The van der Waals surface area contributed by atoms with Crippen LogP contribution in [0.15, 0.2) is 77.7 Å². The molecule has 0 atom stereocenters. The van der Waals surface area contributed by atoms with E-state index in [2.05, 4.69) is 4.98 Å². The van der Waals surface area contributed by atoms with E-state index in [1.54, 1.807) is 21.4 Å². The van der Waals surface area contributed by atoms with Crippen LogP contribution in [0.1, 0.15) is 6.04 Å². The van der Waals surface area contributed by atoms with E-state index in [9.17, 15) is 9.59 Å². The van der Waals surface area contributed by atoms with Crippen molar-refractivity contribution in [1.82, 2.24) is 19.0 Å². The molecule has 1 amide bonds. The Hall–Kier alpha value is -3.87. The van der Waals surface area contributed by atoms with Crippen LogP contribution in [0.3, 0.4) is 0 Å².